The molecule has 1 fully saturated rings. The molecule has 30 heavy (non-hydrogen) atoms. The highest BCUT2D eigenvalue weighted by Gasteiger charge is 2.16. The van der Waals surface area contributed by atoms with Crippen LogP contribution in [0.4, 0.5) is 0 Å². The second-order valence-electron chi connectivity index (χ2n) is 6.84. The molecule has 0 radical (unpaired) electrons. The van der Waals surface area contributed by atoms with Crippen molar-refractivity contribution in [2.75, 3.05) is 33.2 Å². The van der Waals surface area contributed by atoms with Gasteiger partial charge in [0.15, 0.2) is 4.96 Å². The van der Waals surface area contributed by atoms with Gasteiger partial charge in [-0.1, -0.05) is 11.3 Å². The Bertz CT molecular complexity index is 975. The highest BCUT2D eigenvalue weighted by Crippen LogP contribution is 2.28. The predicted molar refractivity (Wildman–Crippen MR) is 113 cm³/mol. The molecule has 1 aliphatic rings. The number of likely N-dealkylation sites (N-methyl/N-ethyl adjacent to an activating group) is 1. The van der Waals surface area contributed by atoms with E-state index in [4.69, 9.17) is 15.2 Å². The highest BCUT2D eigenvalue weighted by molar-refractivity contribution is 7.20. The minimum absolute atomic E-state index is 0.558. The number of nitrogens with zero attached hydrogens (tertiary/aromatic N) is 5. The molecule has 4 heterocycles. The van der Waals surface area contributed by atoms with Crippen LogP contribution < -0.4 is 0 Å². The smallest absolute Gasteiger partial charge is 0.328 e. The van der Waals surface area contributed by atoms with Crippen molar-refractivity contribution in [3.05, 3.63) is 54.8 Å². The Balaban J connectivity index is 0.000000275. The molecule has 0 aromatic carbocycles. The van der Waals surface area contributed by atoms with Gasteiger partial charge in [-0.25, -0.2) is 14.6 Å². The van der Waals surface area contributed by atoms with Crippen molar-refractivity contribution in [1.29, 1.82) is 0 Å². The largest absolute Gasteiger partial charge is 0.478 e. The first kappa shape index (κ1) is 21.6. The van der Waals surface area contributed by atoms with E-state index in [1.807, 2.05) is 24.5 Å². The number of imidazole rings is 1. The lowest BCUT2D eigenvalue weighted by Gasteiger charge is -2.31. The quantitative estimate of drug-likeness (QED) is 0.592. The lowest BCUT2D eigenvalue weighted by molar-refractivity contribution is -0.134. The fourth-order valence-corrected chi connectivity index (χ4v) is 3.94. The molecule has 2 N–H and O–H groups in total. The van der Waals surface area contributed by atoms with Gasteiger partial charge in [0, 0.05) is 69.7 Å². The molecule has 0 bridgehead atoms. The van der Waals surface area contributed by atoms with Crippen LogP contribution in [0.3, 0.4) is 0 Å². The number of pyridine rings is 1. The van der Waals surface area contributed by atoms with Crippen molar-refractivity contribution in [3.8, 4) is 10.4 Å². The number of carboxylic acids is 2. The average Bonchev–Trinajstić information content (AvgIpc) is 3.28. The van der Waals surface area contributed by atoms with Crippen LogP contribution in [0.15, 0.2) is 49.1 Å². The van der Waals surface area contributed by atoms with Crippen LogP contribution in [0.5, 0.6) is 0 Å². The SMILES string of the molecule is CN1CCN(Cc2cn3cc(-c4ccncc4)sc3n2)CC1.O=C(O)C=CC(=O)O. The second-order valence-corrected chi connectivity index (χ2v) is 7.85. The fourth-order valence-electron chi connectivity index (χ4n) is 2.95. The van der Waals surface area contributed by atoms with Gasteiger partial charge in [0.25, 0.3) is 0 Å². The molecule has 1 aliphatic heterocycles. The molecule has 10 heteroatoms. The molecule has 158 valence electrons. The summed E-state index contributed by atoms with van der Waals surface area (Å²) in [5, 5.41) is 15.6. The zero-order valence-corrected chi connectivity index (χ0v) is 17.3. The number of aromatic nitrogens is 3. The summed E-state index contributed by atoms with van der Waals surface area (Å²) >= 11 is 1.73. The number of fused-ring (bicyclic) bond motifs is 1. The Morgan fingerprint density at radius 1 is 1.07 bits per heavy atom. The first-order valence-electron chi connectivity index (χ1n) is 9.33. The van der Waals surface area contributed by atoms with Crippen LogP contribution in [0, 0.1) is 0 Å². The van der Waals surface area contributed by atoms with Crippen molar-refractivity contribution in [2.24, 2.45) is 0 Å². The Hall–Kier alpha value is -3.08. The zero-order chi connectivity index (χ0) is 21.5. The third-order valence-corrected chi connectivity index (χ3v) is 5.57. The van der Waals surface area contributed by atoms with E-state index in [-0.39, 0.29) is 0 Å². The number of hydrogen-bond acceptors (Lipinski definition) is 7. The maximum absolute atomic E-state index is 9.55. The summed E-state index contributed by atoms with van der Waals surface area (Å²) in [5.41, 5.74) is 2.36. The van der Waals surface area contributed by atoms with E-state index < -0.39 is 11.9 Å². The summed E-state index contributed by atoms with van der Waals surface area (Å²) in [6, 6.07) is 4.08. The van der Waals surface area contributed by atoms with Crippen molar-refractivity contribution < 1.29 is 19.8 Å². The molecule has 3 aromatic heterocycles. The van der Waals surface area contributed by atoms with Gasteiger partial charge in [0.1, 0.15) is 0 Å². The van der Waals surface area contributed by atoms with Gasteiger partial charge in [0.05, 0.1) is 10.6 Å². The number of piperazine rings is 1. The van der Waals surface area contributed by atoms with Crippen LogP contribution in [0.1, 0.15) is 5.69 Å². The van der Waals surface area contributed by atoms with Crippen LogP contribution >= 0.6 is 11.3 Å². The van der Waals surface area contributed by atoms with Gasteiger partial charge >= 0.3 is 11.9 Å². The number of rotatable bonds is 5. The normalized spacial score (nSPS) is 15.2. The molecular weight excluding hydrogens is 406 g/mol. The topological polar surface area (TPSA) is 111 Å². The molecule has 9 nitrogen and oxygen atoms in total. The predicted octanol–water partition coefficient (Wildman–Crippen LogP) is 1.92. The van der Waals surface area contributed by atoms with E-state index in [1.165, 1.54) is 10.4 Å². The highest BCUT2D eigenvalue weighted by atomic mass is 32.1. The first-order chi connectivity index (χ1) is 14.4. The molecule has 0 atom stereocenters. The third kappa shape index (κ3) is 6.21. The molecular formula is C20H23N5O4S. The van der Waals surface area contributed by atoms with Gasteiger partial charge in [-0.2, -0.15) is 0 Å². The number of aliphatic carboxylic acids is 2. The van der Waals surface area contributed by atoms with Gasteiger partial charge in [-0.3, -0.25) is 14.3 Å². The van der Waals surface area contributed by atoms with Crippen LogP contribution in [-0.4, -0.2) is 79.5 Å². The van der Waals surface area contributed by atoms with Crippen LogP contribution in [-0.2, 0) is 16.1 Å². The van der Waals surface area contributed by atoms with Gasteiger partial charge in [0.2, 0.25) is 0 Å². The minimum atomic E-state index is -1.26. The summed E-state index contributed by atoms with van der Waals surface area (Å²) < 4.78 is 2.14. The third-order valence-electron chi connectivity index (χ3n) is 4.52. The molecule has 1 saturated heterocycles. The Kier molecular flexibility index (Phi) is 7.28. The van der Waals surface area contributed by atoms with Gasteiger partial charge < -0.3 is 15.1 Å². The van der Waals surface area contributed by atoms with Crippen molar-refractivity contribution in [3.63, 3.8) is 0 Å². The van der Waals surface area contributed by atoms with E-state index in [9.17, 15) is 9.59 Å². The fraction of sp³-hybridized carbons (Fsp3) is 0.300. The Morgan fingerprint density at radius 3 is 2.27 bits per heavy atom. The van der Waals surface area contributed by atoms with E-state index in [0.29, 0.717) is 12.2 Å². The van der Waals surface area contributed by atoms with Crippen LogP contribution in [0.25, 0.3) is 15.4 Å². The molecule has 0 unspecified atom stereocenters. The molecule has 0 amide bonds. The monoisotopic (exact) mass is 429 g/mol. The standard InChI is InChI=1S/C16H19N5S.C4H4O4/c1-19-6-8-20(9-7-19)10-14-11-21-12-15(22-16(21)18-14)13-2-4-17-5-3-13;5-3(6)1-2-4(7)8/h2-5,11-12H,6-10H2,1H3;1-2H,(H,5,6)(H,7,8). The molecule has 0 aliphatic carbocycles. The molecule has 4 rings (SSSR count). The maximum atomic E-state index is 9.55. The Labute approximate surface area is 177 Å². The van der Waals surface area contributed by atoms with E-state index in [0.717, 1.165) is 43.4 Å². The number of hydrogen-bond donors (Lipinski definition) is 2. The van der Waals surface area contributed by atoms with E-state index >= 15 is 0 Å². The lowest BCUT2D eigenvalue weighted by atomic mass is 10.2. The number of carboxylic acid groups (broad SMARTS) is 2. The summed E-state index contributed by atoms with van der Waals surface area (Å²) in [6.07, 6.45) is 9.10. The van der Waals surface area contributed by atoms with Crippen molar-refractivity contribution in [2.45, 2.75) is 6.54 Å². The van der Waals surface area contributed by atoms with Crippen molar-refractivity contribution in [1.82, 2.24) is 24.2 Å². The Morgan fingerprint density at radius 2 is 1.70 bits per heavy atom. The lowest BCUT2D eigenvalue weighted by Crippen LogP contribution is -2.43. The molecule has 0 saturated carbocycles. The van der Waals surface area contributed by atoms with E-state index in [1.54, 1.807) is 11.3 Å². The minimum Gasteiger partial charge on any atom is -0.478 e. The zero-order valence-electron chi connectivity index (χ0n) is 16.5. The molecule has 3 aromatic rings. The second kappa shape index (κ2) is 10.1. The van der Waals surface area contributed by atoms with Gasteiger partial charge in [-0.05, 0) is 24.7 Å². The summed E-state index contributed by atoms with van der Waals surface area (Å²) in [4.78, 5) is 35.1. The van der Waals surface area contributed by atoms with Crippen molar-refractivity contribution >= 4 is 28.2 Å². The van der Waals surface area contributed by atoms with Gasteiger partial charge in [-0.15, -0.1) is 0 Å². The van der Waals surface area contributed by atoms with E-state index in [2.05, 4.69) is 38.6 Å². The number of carbonyl (C=O) groups is 2. The molecule has 0 spiro atoms. The summed E-state index contributed by atoms with van der Waals surface area (Å²) in [7, 11) is 2.19. The summed E-state index contributed by atoms with van der Waals surface area (Å²) in [6.45, 7) is 5.50. The summed E-state index contributed by atoms with van der Waals surface area (Å²) in [5.74, 6) is -2.51. The van der Waals surface area contributed by atoms with Crippen LogP contribution in [0.2, 0.25) is 0 Å². The number of thiazole rings is 1. The maximum Gasteiger partial charge on any atom is 0.328 e. The average molecular weight is 430 g/mol. The first-order valence-corrected chi connectivity index (χ1v) is 10.1.